The monoisotopic (exact) mass is 476 g/mol. The van der Waals surface area contributed by atoms with E-state index in [2.05, 4.69) is 34.9 Å². The molecule has 2 aromatic rings. The summed E-state index contributed by atoms with van der Waals surface area (Å²) in [6, 6.07) is 15.6. The van der Waals surface area contributed by atoms with E-state index < -0.39 is 29.4 Å². The summed E-state index contributed by atoms with van der Waals surface area (Å²) in [5.41, 5.74) is 3.94. The lowest BCUT2D eigenvalue weighted by molar-refractivity contribution is -0.144. The molecule has 2 saturated carbocycles. The summed E-state index contributed by atoms with van der Waals surface area (Å²) in [4.78, 5) is 37.1. The van der Waals surface area contributed by atoms with Crippen LogP contribution >= 0.6 is 0 Å². The maximum Gasteiger partial charge on any atom is 0.407 e. The van der Waals surface area contributed by atoms with Crippen LogP contribution in [-0.2, 0) is 19.1 Å². The van der Waals surface area contributed by atoms with E-state index in [4.69, 9.17) is 9.47 Å². The minimum absolute atomic E-state index is 0.0394. The summed E-state index contributed by atoms with van der Waals surface area (Å²) in [5, 5.41) is 15.3. The van der Waals surface area contributed by atoms with Crippen molar-refractivity contribution < 1.29 is 29.0 Å². The average molecular weight is 477 g/mol. The van der Waals surface area contributed by atoms with Gasteiger partial charge in [-0.1, -0.05) is 48.5 Å². The third kappa shape index (κ3) is 3.76. The largest absolute Gasteiger partial charge is 0.481 e. The Labute approximate surface area is 203 Å². The van der Waals surface area contributed by atoms with Crippen molar-refractivity contribution in [2.45, 2.75) is 37.3 Å². The normalized spacial score (nSPS) is 30.2. The van der Waals surface area contributed by atoms with Crippen molar-refractivity contribution >= 4 is 18.0 Å². The summed E-state index contributed by atoms with van der Waals surface area (Å²) in [7, 11) is 0. The van der Waals surface area contributed by atoms with Gasteiger partial charge < -0.3 is 25.2 Å². The van der Waals surface area contributed by atoms with E-state index in [1.807, 2.05) is 24.3 Å². The van der Waals surface area contributed by atoms with E-state index in [0.29, 0.717) is 19.3 Å². The SMILES string of the molecule is O=C(NC1COCC1C(=O)N[C@H]1C[C@@H]2C[C@]2(C(=O)O)C1)OCC1c2ccccc2-c2ccccc21. The fourth-order valence-corrected chi connectivity index (χ4v) is 6.32. The van der Waals surface area contributed by atoms with Gasteiger partial charge in [0.25, 0.3) is 0 Å². The number of hydrogen-bond donors (Lipinski definition) is 3. The van der Waals surface area contributed by atoms with Crippen molar-refractivity contribution in [3.63, 3.8) is 0 Å². The van der Waals surface area contributed by atoms with Crippen molar-refractivity contribution in [2.75, 3.05) is 19.8 Å². The highest BCUT2D eigenvalue weighted by atomic mass is 16.5. The van der Waals surface area contributed by atoms with Crippen LogP contribution in [0.4, 0.5) is 4.79 Å². The predicted octanol–water partition coefficient (Wildman–Crippen LogP) is 2.91. The minimum atomic E-state index is -0.766. The maximum absolute atomic E-state index is 12.9. The number of carbonyl (C=O) groups excluding carboxylic acids is 2. The zero-order chi connectivity index (χ0) is 24.2. The first-order chi connectivity index (χ1) is 17.0. The van der Waals surface area contributed by atoms with Gasteiger partial charge in [0, 0.05) is 12.0 Å². The number of alkyl carbamates (subject to hydrolysis) is 1. The van der Waals surface area contributed by atoms with Gasteiger partial charge in [0.15, 0.2) is 0 Å². The zero-order valence-electron chi connectivity index (χ0n) is 19.2. The van der Waals surface area contributed by atoms with E-state index in [0.717, 1.165) is 22.3 Å². The van der Waals surface area contributed by atoms with Crippen molar-refractivity contribution in [1.29, 1.82) is 0 Å². The fraction of sp³-hybridized carbons (Fsp3) is 0.444. The number of carboxylic acid groups (broad SMARTS) is 1. The Morgan fingerprint density at radius 3 is 2.31 bits per heavy atom. The van der Waals surface area contributed by atoms with E-state index in [-0.39, 0.29) is 43.6 Å². The number of rotatable bonds is 6. The van der Waals surface area contributed by atoms with E-state index >= 15 is 0 Å². The second kappa shape index (κ2) is 8.37. The van der Waals surface area contributed by atoms with Crippen LogP contribution in [0.5, 0.6) is 0 Å². The van der Waals surface area contributed by atoms with Crippen LogP contribution in [0.25, 0.3) is 11.1 Å². The molecule has 2 amide bonds. The first-order valence-corrected chi connectivity index (χ1v) is 12.2. The third-order valence-electron chi connectivity index (χ3n) is 8.25. The second-order valence-electron chi connectivity index (χ2n) is 10.2. The number of carboxylic acids is 1. The predicted molar refractivity (Wildman–Crippen MR) is 126 cm³/mol. The molecule has 8 nitrogen and oxygen atoms in total. The number of fused-ring (bicyclic) bond motifs is 4. The lowest BCUT2D eigenvalue weighted by atomic mass is 9.98. The van der Waals surface area contributed by atoms with Gasteiger partial charge in [-0.05, 0) is 47.4 Å². The highest BCUT2D eigenvalue weighted by Gasteiger charge is 2.65. The minimum Gasteiger partial charge on any atom is -0.481 e. The van der Waals surface area contributed by atoms with Gasteiger partial charge in [0.2, 0.25) is 5.91 Å². The van der Waals surface area contributed by atoms with Crippen LogP contribution in [0.3, 0.4) is 0 Å². The molecule has 3 N–H and O–H groups in total. The molecule has 8 heteroatoms. The molecule has 35 heavy (non-hydrogen) atoms. The lowest BCUT2D eigenvalue weighted by Gasteiger charge is -2.22. The topological polar surface area (TPSA) is 114 Å². The number of aliphatic carboxylic acids is 1. The van der Waals surface area contributed by atoms with Gasteiger partial charge >= 0.3 is 12.1 Å². The van der Waals surface area contributed by atoms with Crippen molar-refractivity contribution in [2.24, 2.45) is 17.3 Å². The summed E-state index contributed by atoms with van der Waals surface area (Å²) in [5.74, 6) is -1.40. The Hall–Kier alpha value is -3.39. The Kier molecular flexibility index (Phi) is 5.29. The Morgan fingerprint density at radius 2 is 1.66 bits per heavy atom. The van der Waals surface area contributed by atoms with Gasteiger partial charge in [-0.2, -0.15) is 0 Å². The number of amides is 2. The first kappa shape index (κ1) is 22.1. The molecule has 1 saturated heterocycles. The summed E-state index contributed by atoms with van der Waals surface area (Å²) >= 11 is 0. The quantitative estimate of drug-likeness (QED) is 0.591. The third-order valence-corrected chi connectivity index (χ3v) is 8.25. The van der Waals surface area contributed by atoms with Gasteiger partial charge in [0.1, 0.15) is 6.61 Å². The standard InChI is InChI=1S/C27H28N2O6/c30-24(28-16-9-15-10-27(15,11-16)25(31)32)22-12-34-14-23(22)29-26(33)35-13-21-19-7-3-1-5-17(19)18-6-2-4-8-20(18)21/h1-8,15-16,21-23H,9-14H2,(H,28,30)(H,29,33)(H,31,32)/t15-,16+,22?,23?,27+/m1/s1. The molecular formula is C27H28N2O6. The summed E-state index contributed by atoms with van der Waals surface area (Å²) in [6.07, 6.45) is 1.28. The highest BCUT2D eigenvalue weighted by Crippen LogP contribution is 2.63. The second-order valence-corrected chi connectivity index (χ2v) is 10.2. The number of carbonyl (C=O) groups is 3. The molecule has 0 radical (unpaired) electrons. The van der Waals surface area contributed by atoms with Crippen LogP contribution in [-0.4, -0.2) is 55.0 Å². The Bertz CT molecular complexity index is 1150. The molecule has 5 atom stereocenters. The number of hydrogen-bond acceptors (Lipinski definition) is 5. The van der Waals surface area contributed by atoms with Crippen molar-refractivity contribution in [3.05, 3.63) is 59.7 Å². The molecule has 2 unspecified atom stereocenters. The molecule has 0 aromatic heterocycles. The Morgan fingerprint density at radius 1 is 0.971 bits per heavy atom. The molecule has 1 aliphatic heterocycles. The first-order valence-electron chi connectivity index (χ1n) is 12.2. The lowest BCUT2D eigenvalue weighted by Crippen LogP contribution is -2.48. The highest BCUT2D eigenvalue weighted by molar-refractivity contribution is 5.83. The number of nitrogens with one attached hydrogen (secondary N) is 2. The van der Waals surface area contributed by atoms with Gasteiger partial charge in [-0.25, -0.2) is 4.79 Å². The molecule has 2 aromatic carbocycles. The molecule has 3 fully saturated rings. The van der Waals surface area contributed by atoms with Gasteiger partial charge in [-0.3, -0.25) is 9.59 Å². The fourth-order valence-electron chi connectivity index (χ4n) is 6.32. The number of benzene rings is 2. The molecule has 3 aliphatic carbocycles. The molecular weight excluding hydrogens is 448 g/mol. The smallest absolute Gasteiger partial charge is 0.407 e. The molecule has 1 heterocycles. The van der Waals surface area contributed by atoms with Crippen molar-refractivity contribution in [3.8, 4) is 11.1 Å². The average Bonchev–Trinajstić information content (AvgIpc) is 3.17. The molecule has 0 bridgehead atoms. The molecule has 182 valence electrons. The molecule has 4 aliphatic rings. The van der Waals surface area contributed by atoms with E-state index in [1.54, 1.807) is 0 Å². The molecule has 0 spiro atoms. The van der Waals surface area contributed by atoms with Crippen LogP contribution in [0.2, 0.25) is 0 Å². The van der Waals surface area contributed by atoms with Crippen LogP contribution in [0, 0.1) is 17.3 Å². The van der Waals surface area contributed by atoms with E-state index in [1.165, 1.54) is 0 Å². The molecule has 6 rings (SSSR count). The maximum atomic E-state index is 12.9. The van der Waals surface area contributed by atoms with Crippen LogP contribution < -0.4 is 10.6 Å². The number of ether oxygens (including phenoxy) is 2. The van der Waals surface area contributed by atoms with Crippen LogP contribution in [0.15, 0.2) is 48.5 Å². The van der Waals surface area contributed by atoms with E-state index in [9.17, 15) is 19.5 Å². The van der Waals surface area contributed by atoms with Gasteiger partial charge in [-0.15, -0.1) is 0 Å². The summed E-state index contributed by atoms with van der Waals surface area (Å²) < 4.78 is 11.1. The Balaban J connectivity index is 1.05. The zero-order valence-corrected chi connectivity index (χ0v) is 19.2. The summed E-state index contributed by atoms with van der Waals surface area (Å²) in [6.45, 7) is 0.639. The van der Waals surface area contributed by atoms with Crippen molar-refractivity contribution in [1.82, 2.24) is 10.6 Å². The van der Waals surface area contributed by atoms with Gasteiger partial charge in [0.05, 0.1) is 30.6 Å². The van der Waals surface area contributed by atoms with Crippen LogP contribution in [0.1, 0.15) is 36.3 Å².